The van der Waals surface area contributed by atoms with Crippen LogP contribution in [-0.2, 0) is 11.2 Å². The molecule has 0 radical (unpaired) electrons. The molecular weight excluding hydrogens is 248 g/mol. The quantitative estimate of drug-likeness (QED) is 0.643. The summed E-state index contributed by atoms with van der Waals surface area (Å²) in [4.78, 5) is 11.7. The van der Waals surface area contributed by atoms with E-state index in [1.54, 1.807) is 18.2 Å². The van der Waals surface area contributed by atoms with Crippen molar-refractivity contribution in [1.82, 2.24) is 0 Å². The summed E-state index contributed by atoms with van der Waals surface area (Å²) in [5.74, 6) is -0.135. The molecule has 3 N–H and O–H groups in total. The molecule has 0 unspecified atom stereocenters. The van der Waals surface area contributed by atoms with Crippen LogP contribution in [0.1, 0.15) is 12.0 Å². The first-order valence-corrected chi connectivity index (χ1v) is 6.61. The van der Waals surface area contributed by atoms with E-state index in [0.717, 1.165) is 12.8 Å². The van der Waals surface area contributed by atoms with Crippen LogP contribution < -0.4 is 11.1 Å². The van der Waals surface area contributed by atoms with Gasteiger partial charge in [0.1, 0.15) is 0 Å². The molecule has 0 aliphatic carbocycles. The minimum absolute atomic E-state index is 0.135. The Balaban J connectivity index is 1.78. The summed E-state index contributed by atoms with van der Waals surface area (Å²) in [6.07, 6.45) is 5.22. The molecule has 2 aromatic rings. The van der Waals surface area contributed by atoms with Crippen LogP contribution in [0.4, 0.5) is 11.4 Å². The largest absolute Gasteiger partial charge is 0.399 e. The van der Waals surface area contributed by atoms with E-state index < -0.39 is 0 Å². The van der Waals surface area contributed by atoms with E-state index in [2.05, 4.69) is 17.4 Å². The highest BCUT2D eigenvalue weighted by molar-refractivity contribution is 5.99. The molecule has 3 heteroatoms. The highest BCUT2D eigenvalue weighted by Gasteiger charge is 1.97. The Morgan fingerprint density at radius 1 is 1.10 bits per heavy atom. The van der Waals surface area contributed by atoms with E-state index in [9.17, 15) is 4.79 Å². The minimum Gasteiger partial charge on any atom is -0.399 e. The molecular formula is C17H18N2O. The fraction of sp³-hybridized carbons (Fsp3) is 0.118. The molecule has 0 bridgehead atoms. The molecule has 0 spiro atoms. The van der Waals surface area contributed by atoms with Crippen molar-refractivity contribution in [3.05, 3.63) is 72.3 Å². The van der Waals surface area contributed by atoms with Crippen molar-refractivity contribution in [2.75, 3.05) is 11.1 Å². The number of nitrogen functional groups attached to an aromatic ring is 1. The van der Waals surface area contributed by atoms with Crippen molar-refractivity contribution in [1.29, 1.82) is 0 Å². The molecule has 2 aromatic carbocycles. The third-order valence-corrected chi connectivity index (χ3v) is 2.87. The number of nitrogens with two attached hydrogens (primary N) is 1. The van der Waals surface area contributed by atoms with Crippen LogP contribution in [0.3, 0.4) is 0 Å². The summed E-state index contributed by atoms with van der Waals surface area (Å²) in [5, 5.41) is 2.78. The van der Waals surface area contributed by atoms with Gasteiger partial charge in [0.2, 0.25) is 5.91 Å². The lowest BCUT2D eigenvalue weighted by molar-refractivity contribution is -0.111. The predicted octanol–water partition coefficient (Wildman–Crippen LogP) is 3.40. The molecule has 3 nitrogen and oxygen atoms in total. The number of carbonyl (C=O) groups is 1. The molecule has 2 rings (SSSR count). The number of hydrogen-bond acceptors (Lipinski definition) is 2. The highest BCUT2D eigenvalue weighted by Crippen LogP contribution is 2.11. The van der Waals surface area contributed by atoms with E-state index in [-0.39, 0.29) is 5.91 Å². The van der Waals surface area contributed by atoms with Gasteiger partial charge in [0.05, 0.1) is 0 Å². The fourth-order valence-electron chi connectivity index (χ4n) is 1.89. The zero-order valence-electron chi connectivity index (χ0n) is 11.3. The van der Waals surface area contributed by atoms with Crippen molar-refractivity contribution in [2.45, 2.75) is 12.8 Å². The second-order valence-corrected chi connectivity index (χ2v) is 4.54. The number of aryl methyl sites for hydroxylation is 1. The van der Waals surface area contributed by atoms with Crippen molar-refractivity contribution in [2.24, 2.45) is 0 Å². The molecule has 0 aliphatic heterocycles. The summed E-state index contributed by atoms with van der Waals surface area (Å²) < 4.78 is 0. The third kappa shape index (κ3) is 4.61. The minimum atomic E-state index is -0.135. The Hall–Kier alpha value is -2.55. The van der Waals surface area contributed by atoms with Crippen LogP contribution in [0.25, 0.3) is 0 Å². The van der Waals surface area contributed by atoms with Crippen LogP contribution in [0.5, 0.6) is 0 Å². The van der Waals surface area contributed by atoms with Gasteiger partial charge in [-0.15, -0.1) is 0 Å². The lowest BCUT2D eigenvalue weighted by Crippen LogP contribution is -2.07. The summed E-state index contributed by atoms with van der Waals surface area (Å²) >= 11 is 0. The summed E-state index contributed by atoms with van der Waals surface area (Å²) in [6.45, 7) is 0. The van der Waals surface area contributed by atoms with Gasteiger partial charge in [-0.25, -0.2) is 0 Å². The monoisotopic (exact) mass is 266 g/mol. The maximum absolute atomic E-state index is 11.7. The number of carbonyl (C=O) groups excluding carboxylic acids is 1. The van der Waals surface area contributed by atoms with Gasteiger partial charge in [-0.05, 0) is 42.7 Å². The average Bonchev–Trinajstić information content (AvgIpc) is 2.45. The van der Waals surface area contributed by atoms with E-state index in [0.29, 0.717) is 11.4 Å². The first kappa shape index (κ1) is 13.9. The Bertz CT molecular complexity index is 591. The topological polar surface area (TPSA) is 55.1 Å². The molecule has 1 amide bonds. The SMILES string of the molecule is Nc1cccc(NC(=O)/C=C/CCc2ccccc2)c1. The number of anilines is 2. The number of allylic oxidation sites excluding steroid dienone is 1. The Labute approximate surface area is 119 Å². The molecule has 0 aliphatic rings. The van der Waals surface area contributed by atoms with Gasteiger partial charge in [0, 0.05) is 11.4 Å². The van der Waals surface area contributed by atoms with Crippen molar-refractivity contribution < 1.29 is 4.79 Å². The number of benzene rings is 2. The zero-order valence-corrected chi connectivity index (χ0v) is 11.3. The van der Waals surface area contributed by atoms with Gasteiger partial charge in [-0.3, -0.25) is 4.79 Å². The molecule has 0 saturated heterocycles. The molecule has 0 aromatic heterocycles. The molecule has 20 heavy (non-hydrogen) atoms. The number of nitrogens with one attached hydrogen (secondary N) is 1. The molecule has 0 saturated carbocycles. The molecule has 102 valence electrons. The molecule has 0 heterocycles. The normalized spacial score (nSPS) is 10.6. The maximum atomic E-state index is 11.7. The van der Waals surface area contributed by atoms with Gasteiger partial charge < -0.3 is 11.1 Å². The lowest BCUT2D eigenvalue weighted by atomic mass is 10.1. The highest BCUT2D eigenvalue weighted by atomic mass is 16.1. The zero-order chi connectivity index (χ0) is 14.2. The number of hydrogen-bond donors (Lipinski definition) is 2. The van der Waals surface area contributed by atoms with E-state index in [4.69, 9.17) is 5.73 Å². The van der Waals surface area contributed by atoms with Gasteiger partial charge in [0.15, 0.2) is 0 Å². The second-order valence-electron chi connectivity index (χ2n) is 4.54. The van der Waals surface area contributed by atoms with E-state index >= 15 is 0 Å². The Morgan fingerprint density at radius 3 is 2.65 bits per heavy atom. The summed E-state index contributed by atoms with van der Waals surface area (Å²) in [5.41, 5.74) is 8.27. The smallest absolute Gasteiger partial charge is 0.248 e. The standard InChI is InChI=1S/C17H18N2O/c18-15-10-6-11-16(13-15)19-17(20)12-5-4-9-14-7-2-1-3-8-14/h1-3,5-8,10-13H,4,9,18H2,(H,19,20)/b12-5+. The van der Waals surface area contributed by atoms with Crippen LogP contribution in [0.15, 0.2) is 66.7 Å². The first-order valence-electron chi connectivity index (χ1n) is 6.61. The lowest BCUT2D eigenvalue weighted by Gasteiger charge is -2.02. The summed E-state index contributed by atoms with van der Waals surface area (Å²) in [6, 6.07) is 17.3. The average molecular weight is 266 g/mol. The van der Waals surface area contributed by atoms with Gasteiger partial charge in [0.25, 0.3) is 0 Å². The number of rotatable bonds is 5. The second kappa shape index (κ2) is 7.14. The first-order chi connectivity index (χ1) is 9.74. The summed E-state index contributed by atoms with van der Waals surface area (Å²) in [7, 11) is 0. The molecule has 0 atom stereocenters. The van der Waals surface area contributed by atoms with E-state index in [1.165, 1.54) is 5.56 Å². The predicted molar refractivity (Wildman–Crippen MR) is 83.4 cm³/mol. The van der Waals surface area contributed by atoms with E-state index in [1.807, 2.05) is 36.4 Å². The molecule has 0 fully saturated rings. The van der Waals surface area contributed by atoms with Gasteiger partial charge in [-0.1, -0.05) is 42.5 Å². The Morgan fingerprint density at radius 2 is 1.90 bits per heavy atom. The fourth-order valence-corrected chi connectivity index (χ4v) is 1.89. The van der Waals surface area contributed by atoms with Crippen LogP contribution in [0.2, 0.25) is 0 Å². The van der Waals surface area contributed by atoms with Gasteiger partial charge >= 0.3 is 0 Å². The van der Waals surface area contributed by atoms with Crippen LogP contribution in [-0.4, -0.2) is 5.91 Å². The van der Waals surface area contributed by atoms with Crippen molar-refractivity contribution in [3.8, 4) is 0 Å². The van der Waals surface area contributed by atoms with Crippen molar-refractivity contribution in [3.63, 3.8) is 0 Å². The Kier molecular flexibility index (Phi) is 4.95. The van der Waals surface area contributed by atoms with Gasteiger partial charge in [-0.2, -0.15) is 0 Å². The van der Waals surface area contributed by atoms with Crippen LogP contribution >= 0.6 is 0 Å². The number of amides is 1. The third-order valence-electron chi connectivity index (χ3n) is 2.87. The van der Waals surface area contributed by atoms with Crippen molar-refractivity contribution >= 4 is 17.3 Å². The van der Waals surface area contributed by atoms with Crippen LogP contribution in [0, 0.1) is 0 Å². The maximum Gasteiger partial charge on any atom is 0.248 e.